The minimum atomic E-state index is -0.397. The van der Waals surface area contributed by atoms with Gasteiger partial charge in [0.25, 0.3) is 5.91 Å². The van der Waals surface area contributed by atoms with Gasteiger partial charge in [0.15, 0.2) is 5.11 Å². The van der Waals surface area contributed by atoms with E-state index >= 15 is 0 Å². The number of rotatable bonds is 3. The normalized spacial score (nSPS) is 13.3. The predicted octanol–water partition coefficient (Wildman–Crippen LogP) is 2.93. The first kappa shape index (κ1) is 14.9. The molecule has 22 heavy (non-hydrogen) atoms. The van der Waals surface area contributed by atoms with Crippen LogP contribution in [0.2, 0.25) is 0 Å². The Hall–Kier alpha value is -1.99. The minimum absolute atomic E-state index is 0.397. The Kier molecular flexibility index (Phi) is 4.35. The number of carbonyl (C=O) groups excluding carboxylic acids is 1. The van der Waals surface area contributed by atoms with E-state index in [9.17, 15) is 4.79 Å². The summed E-state index contributed by atoms with van der Waals surface area (Å²) in [7, 11) is 0. The fourth-order valence-electron chi connectivity index (χ4n) is 2.62. The predicted molar refractivity (Wildman–Crippen MR) is 93.6 cm³/mol. The number of anilines is 2. The first-order chi connectivity index (χ1) is 10.6. The second-order valence-electron chi connectivity index (χ2n) is 5.10. The molecule has 0 saturated heterocycles. The lowest BCUT2D eigenvalue weighted by Crippen LogP contribution is -2.22. The zero-order valence-electron chi connectivity index (χ0n) is 11.9. The number of nitrogens with zero attached hydrogens (tertiary/aromatic N) is 1. The summed E-state index contributed by atoms with van der Waals surface area (Å²) in [5.41, 5.74) is 8.04. The van der Waals surface area contributed by atoms with Crippen molar-refractivity contribution in [2.45, 2.75) is 25.7 Å². The number of aromatic nitrogens is 1. The van der Waals surface area contributed by atoms with Crippen LogP contribution < -0.4 is 16.4 Å². The summed E-state index contributed by atoms with van der Waals surface area (Å²) in [6, 6.07) is 3.69. The third-order valence-corrected chi connectivity index (χ3v) is 4.98. The Morgan fingerprint density at radius 2 is 2.14 bits per heavy atom. The van der Waals surface area contributed by atoms with Gasteiger partial charge < -0.3 is 16.4 Å². The average molecular weight is 332 g/mol. The van der Waals surface area contributed by atoms with Gasteiger partial charge >= 0.3 is 0 Å². The Morgan fingerprint density at radius 1 is 1.32 bits per heavy atom. The summed E-state index contributed by atoms with van der Waals surface area (Å²) in [4.78, 5) is 17.1. The number of fused-ring (bicyclic) bond motifs is 1. The van der Waals surface area contributed by atoms with Gasteiger partial charge in [0.1, 0.15) is 5.00 Å². The molecular formula is C15H16N4OS2. The van der Waals surface area contributed by atoms with Crippen molar-refractivity contribution < 1.29 is 4.79 Å². The molecule has 3 rings (SSSR count). The summed E-state index contributed by atoms with van der Waals surface area (Å²) in [5.74, 6) is -0.397. The molecule has 0 saturated carbocycles. The van der Waals surface area contributed by atoms with Gasteiger partial charge in [0.2, 0.25) is 0 Å². The van der Waals surface area contributed by atoms with Gasteiger partial charge in [-0.1, -0.05) is 0 Å². The summed E-state index contributed by atoms with van der Waals surface area (Å²) < 4.78 is 0. The van der Waals surface area contributed by atoms with Crippen molar-refractivity contribution in [2.75, 3.05) is 10.6 Å². The molecule has 7 heteroatoms. The van der Waals surface area contributed by atoms with E-state index in [2.05, 4.69) is 15.6 Å². The topological polar surface area (TPSA) is 80.0 Å². The molecule has 2 heterocycles. The molecule has 4 N–H and O–H groups in total. The zero-order valence-corrected chi connectivity index (χ0v) is 13.5. The molecule has 2 aromatic rings. The highest BCUT2D eigenvalue weighted by Crippen LogP contribution is 2.37. The quantitative estimate of drug-likeness (QED) is 0.753. The van der Waals surface area contributed by atoms with E-state index in [4.69, 9.17) is 18.0 Å². The lowest BCUT2D eigenvalue weighted by molar-refractivity contribution is 0.100. The van der Waals surface area contributed by atoms with Crippen molar-refractivity contribution in [3.8, 4) is 0 Å². The third kappa shape index (κ3) is 3.10. The van der Waals surface area contributed by atoms with E-state index < -0.39 is 5.91 Å². The van der Waals surface area contributed by atoms with Crippen molar-refractivity contribution in [3.63, 3.8) is 0 Å². The Balaban J connectivity index is 1.81. The molecule has 5 nitrogen and oxygen atoms in total. The maximum Gasteiger partial charge on any atom is 0.251 e. The molecule has 0 unspecified atom stereocenters. The highest BCUT2D eigenvalue weighted by Gasteiger charge is 2.24. The standard InChI is InChI=1S/C15H16N4OS2/c16-13(20)12-10-5-1-2-6-11(10)22-14(12)19-15(21)18-9-4-3-7-17-8-9/h3-4,7-8H,1-2,5-6H2,(H2,16,20)(H2,18,19,21). The number of thiophene rings is 1. The number of hydrogen-bond acceptors (Lipinski definition) is 4. The maximum absolute atomic E-state index is 11.8. The van der Waals surface area contributed by atoms with Crippen LogP contribution in [0.1, 0.15) is 33.6 Å². The molecule has 114 valence electrons. The molecule has 0 radical (unpaired) electrons. The second kappa shape index (κ2) is 6.41. The highest BCUT2D eigenvalue weighted by molar-refractivity contribution is 7.80. The molecule has 1 aliphatic rings. The molecule has 0 atom stereocenters. The molecule has 0 aromatic carbocycles. The largest absolute Gasteiger partial charge is 0.365 e. The number of hydrogen-bond donors (Lipinski definition) is 3. The molecule has 1 amide bonds. The van der Waals surface area contributed by atoms with Gasteiger partial charge in [0.05, 0.1) is 17.4 Å². The Bertz CT molecular complexity index is 712. The van der Waals surface area contributed by atoms with Crippen LogP contribution in [0, 0.1) is 0 Å². The smallest absolute Gasteiger partial charge is 0.251 e. The van der Waals surface area contributed by atoms with E-state index in [1.807, 2.05) is 12.1 Å². The SMILES string of the molecule is NC(=O)c1c(NC(=S)Nc2cccnc2)sc2c1CCCC2. The van der Waals surface area contributed by atoms with E-state index in [0.29, 0.717) is 10.7 Å². The number of thiocarbonyl (C=S) groups is 1. The number of nitrogens with one attached hydrogen (secondary N) is 2. The Morgan fingerprint density at radius 3 is 2.86 bits per heavy atom. The van der Waals surface area contributed by atoms with Crippen LogP contribution in [0.5, 0.6) is 0 Å². The van der Waals surface area contributed by atoms with Crippen LogP contribution >= 0.6 is 23.6 Å². The number of pyridine rings is 1. The van der Waals surface area contributed by atoms with Crippen molar-refractivity contribution in [1.82, 2.24) is 4.98 Å². The summed E-state index contributed by atoms with van der Waals surface area (Å²) >= 11 is 6.88. The first-order valence-electron chi connectivity index (χ1n) is 7.07. The molecule has 0 spiro atoms. The summed E-state index contributed by atoms with van der Waals surface area (Å²) in [5, 5.41) is 7.32. The van der Waals surface area contributed by atoms with Crippen LogP contribution in [-0.4, -0.2) is 16.0 Å². The van der Waals surface area contributed by atoms with Gasteiger partial charge in [-0.3, -0.25) is 9.78 Å². The van der Waals surface area contributed by atoms with Crippen LogP contribution in [0.15, 0.2) is 24.5 Å². The van der Waals surface area contributed by atoms with Crippen LogP contribution in [0.25, 0.3) is 0 Å². The van der Waals surface area contributed by atoms with E-state index in [1.54, 1.807) is 23.7 Å². The number of carbonyl (C=O) groups is 1. The van der Waals surface area contributed by atoms with E-state index in [-0.39, 0.29) is 0 Å². The van der Waals surface area contributed by atoms with Crippen molar-refractivity contribution in [2.24, 2.45) is 5.73 Å². The average Bonchev–Trinajstić information content (AvgIpc) is 2.85. The molecule has 0 fully saturated rings. The monoisotopic (exact) mass is 332 g/mol. The van der Waals surface area contributed by atoms with E-state index in [0.717, 1.165) is 41.9 Å². The molecule has 0 bridgehead atoms. The molecular weight excluding hydrogens is 316 g/mol. The minimum Gasteiger partial charge on any atom is -0.365 e. The molecule has 1 aliphatic carbocycles. The van der Waals surface area contributed by atoms with Gasteiger partial charge in [-0.2, -0.15) is 0 Å². The fraction of sp³-hybridized carbons (Fsp3) is 0.267. The fourth-order valence-corrected chi connectivity index (χ4v) is 4.20. The third-order valence-electron chi connectivity index (χ3n) is 3.56. The zero-order chi connectivity index (χ0) is 15.5. The molecule has 0 aliphatic heterocycles. The van der Waals surface area contributed by atoms with Crippen LogP contribution in [0.3, 0.4) is 0 Å². The van der Waals surface area contributed by atoms with Crippen molar-refractivity contribution >= 4 is 45.3 Å². The maximum atomic E-state index is 11.8. The second-order valence-corrected chi connectivity index (χ2v) is 6.61. The van der Waals surface area contributed by atoms with Crippen LogP contribution in [-0.2, 0) is 12.8 Å². The lowest BCUT2D eigenvalue weighted by Gasteiger charge is -2.11. The number of primary amides is 1. The van der Waals surface area contributed by atoms with Crippen LogP contribution in [0.4, 0.5) is 10.7 Å². The van der Waals surface area contributed by atoms with Gasteiger partial charge in [0, 0.05) is 11.1 Å². The van der Waals surface area contributed by atoms with Gasteiger partial charge in [-0.25, -0.2) is 0 Å². The number of aryl methyl sites for hydroxylation is 1. The lowest BCUT2D eigenvalue weighted by atomic mass is 9.95. The summed E-state index contributed by atoms with van der Waals surface area (Å²) in [6.07, 6.45) is 7.55. The highest BCUT2D eigenvalue weighted by atomic mass is 32.1. The Labute approximate surface area is 137 Å². The van der Waals surface area contributed by atoms with Crippen molar-refractivity contribution in [1.29, 1.82) is 0 Å². The first-order valence-corrected chi connectivity index (χ1v) is 8.30. The van der Waals surface area contributed by atoms with Crippen molar-refractivity contribution in [3.05, 3.63) is 40.5 Å². The number of amides is 1. The number of nitrogens with two attached hydrogens (primary N) is 1. The van der Waals surface area contributed by atoms with E-state index in [1.165, 1.54) is 4.88 Å². The summed E-state index contributed by atoms with van der Waals surface area (Å²) in [6.45, 7) is 0. The van der Waals surface area contributed by atoms with Gasteiger partial charge in [-0.15, -0.1) is 11.3 Å². The van der Waals surface area contributed by atoms with Gasteiger partial charge in [-0.05, 0) is 55.6 Å². The molecule has 2 aromatic heterocycles.